The largest absolute Gasteiger partial charge is 0.354 e. The third kappa shape index (κ3) is 6.93. The highest BCUT2D eigenvalue weighted by atomic mass is 35.5. The molecule has 9 heteroatoms. The number of nitrogens with one attached hydrogen (secondary N) is 1. The quantitative estimate of drug-likeness (QED) is 0.382. The van der Waals surface area contributed by atoms with E-state index in [1.165, 1.54) is 11.0 Å². The molecule has 1 N–H and O–H groups in total. The maximum atomic E-state index is 13.4. The number of para-hydroxylation sites is 1. The number of nitro benzene ring substituents is 1. The van der Waals surface area contributed by atoms with Gasteiger partial charge in [-0.15, -0.1) is 0 Å². The molecule has 0 heterocycles. The lowest BCUT2D eigenvalue weighted by Gasteiger charge is -2.31. The maximum absolute atomic E-state index is 13.4. The second-order valence-electron chi connectivity index (χ2n) is 7.90. The number of amides is 2. The Hall–Kier alpha value is -2.64. The zero-order chi connectivity index (χ0) is 23.8. The zero-order valence-electron chi connectivity index (χ0n) is 18.3. The van der Waals surface area contributed by atoms with Crippen LogP contribution in [0.2, 0.25) is 10.0 Å². The molecular weight excluding hydrogens is 453 g/mol. The summed E-state index contributed by atoms with van der Waals surface area (Å²) in [4.78, 5) is 38.6. The van der Waals surface area contributed by atoms with Crippen LogP contribution in [0.15, 0.2) is 42.5 Å². The Bertz CT molecular complexity index is 981. The second kappa shape index (κ2) is 11.8. The molecule has 2 aromatic carbocycles. The summed E-state index contributed by atoms with van der Waals surface area (Å²) in [6.07, 6.45) is 0.181. The Morgan fingerprint density at radius 1 is 1.12 bits per heavy atom. The van der Waals surface area contributed by atoms with E-state index in [2.05, 4.69) is 5.32 Å². The summed E-state index contributed by atoms with van der Waals surface area (Å²) in [5.74, 6) is -0.406. The lowest BCUT2D eigenvalue weighted by atomic mass is 10.1. The Morgan fingerprint density at radius 2 is 1.81 bits per heavy atom. The molecule has 2 rings (SSSR count). The van der Waals surface area contributed by atoms with E-state index in [9.17, 15) is 19.7 Å². The average Bonchev–Trinajstić information content (AvgIpc) is 2.74. The summed E-state index contributed by atoms with van der Waals surface area (Å²) in [5, 5.41) is 15.0. The molecule has 2 amide bonds. The molecule has 1 atom stereocenters. The normalized spacial score (nSPS) is 11.8. The van der Waals surface area contributed by atoms with Gasteiger partial charge in [-0.25, -0.2) is 0 Å². The van der Waals surface area contributed by atoms with Gasteiger partial charge in [0.2, 0.25) is 11.8 Å². The van der Waals surface area contributed by atoms with Gasteiger partial charge in [-0.3, -0.25) is 19.7 Å². The van der Waals surface area contributed by atoms with Gasteiger partial charge in [0, 0.05) is 24.7 Å². The predicted molar refractivity (Wildman–Crippen MR) is 126 cm³/mol. The number of benzene rings is 2. The minimum atomic E-state index is -0.738. The van der Waals surface area contributed by atoms with Crippen molar-refractivity contribution in [3.63, 3.8) is 0 Å². The highest BCUT2D eigenvalue weighted by Gasteiger charge is 2.30. The van der Waals surface area contributed by atoms with E-state index in [0.717, 1.165) is 0 Å². The van der Waals surface area contributed by atoms with E-state index in [1.807, 2.05) is 20.8 Å². The smallest absolute Gasteiger partial charge is 0.273 e. The van der Waals surface area contributed by atoms with Gasteiger partial charge in [0.05, 0.1) is 21.4 Å². The van der Waals surface area contributed by atoms with Crippen molar-refractivity contribution in [2.45, 2.75) is 46.2 Å². The second-order valence-corrected chi connectivity index (χ2v) is 8.71. The molecule has 0 aliphatic heterocycles. The third-order valence-corrected chi connectivity index (χ3v) is 5.68. The summed E-state index contributed by atoms with van der Waals surface area (Å²) in [5.41, 5.74) is 0.858. The van der Waals surface area contributed by atoms with Crippen molar-refractivity contribution >= 4 is 40.7 Å². The molecule has 0 radical (unpaired) electrons. The maximum Gasteiger partial charge on any atom is 0.273 e. The average molecular weight is 480 g/mol. The van der Waals surface area contributed by atoms with E-state index >= 15 is 0 Å². The predicted octanol–water partition coefficient (Wildman–Crippen LogP) is 5.02. The fraction of sp³-hybridized carbons (Fsp3) is 0.391. The number of rotatable bonds is 10. The van der Waals surface area contributed by atoms with Gasteiger partial charge in [0.15, 0.2) is 0 Å². The molecule has 0 saturated heterocycles. The van der Waals surface area contributed by atoms with Crippen molar-refractivity contribution < 1.29 is 14.5 Å². The summed E-state index contributed by atoms with van der Waals surface area (Å²) >= 11 is 12.1. The topological polar surface area (TPSA) is 92.6 Å². The van der Waals surface area contributed by atoms with Crippen molar-refractivity contribution in [3.05, 3.63) is 73.8 Å². The highest BCUT2D eigenvalue weighted by Crippen LogP contribution is 2.25. The van der Waals surface area contributed by atoms with Crippen LogP contribution in [-0.2, 0) is 22.6 Å². The molecular formula is C23H27Cl2N3O4. The first-order chi connectivity index (χ1) is 15.1. The van der Waals surface area contributed by atoms with E-state index in [-0.39, 0.29) is 30.5 Å². The molecule has 0 spiro atoms. The van der Waals surface area contributed by atoms with E-state index < -0.39 is 16.9 Å². The molecule has 0 aliphatic rings. The summed E-state index contributed by atoms with van der Waals surface area (Å²) in [7, 11) is 0. The number of halogens is 2. The van der Waals surface area contributed by atoms with E-state index in [0.29, 0.717) is 34.1 Å². The Kier molecular flexibility index (Phi) is 9.47. The van der Waals surface area contributed by atoms with Gasteiger partial charge in [0.1, 0.15) is 6.04 Å². The van der Waals surface area contributed by atoms with Gasteiger partial charge in [-0.1, -0.05) is 68.2 Å². The molecule has 0 saturated carbocycles. The molecule has 0 unspecified atom stereocenters. The lowest BCUT2D eigenvalue weighted by Crippen LogP contribution is -2.50. The van der Waals surface area contributed by atoms with Crippen LogP contribution in [0.3, 0.4) is 0 Å². The standard InChI is InChI=1S/C23H27Cl2N3O4/c1-4-20(23(30)26-13-15(2)3)27(14-16-9-10-18(24)19(25)11-16)22(29)12-17-7-5-6-8-21(17)28(31)32/h5-11,15,20H,4,12-14H2,1-3H3,(H,26,30)/t20-/m0/s1. The molecule has 0 fully saturated rings. The summed E-state index contributed by atoms with van der Waals surface area (Å²) in [6.45, 7) is 6.38. The molecule has 7 nitrogen and oxygen atoms in total. The van der Waals surface area contributed by atoms with Crippen LogP contribution in [-0.4, -0.2) is 34.2 Å². The van der Waals surface area contributed by atoms with Crippen molar-refractivity contribution in [2.24, 2.45) is 5.92 Å². The molecule has 32 heavy (non-hydrogen) atoms. The van der Waals surface area contributed by atoms with Crippen molar-refractivity contribution in [3.8, 4) is 0 Å². The van der Waals surface area contributed by atoms with Gasteiger partial charge in [-0.2, -0.15) is 0 Å². The number of nitro groups is 1. The molecule has 0 aromatic heterocycles. The van der Waals surface area contributed by atoms with Crippen LogP contribution in [0.4, 0.5) is 5.69 Å². The van der Waals surface area contributed by atoms with Gasteiger partial charge < -0.3 is 10.2 Å². The number of carbonyl (C=O) groups is 2. The Morgan fingerprint density at radius 3 is 2.41 bits per heavy atom. The fourth-order valence-electron chi connectivity index (χ4n) is 3.28. The Balaban J connectivity index is 2.37. The fourth-order valence-corrected chi connectivity index (χ4v) is 3.60. The van der Waals surface area contributed by atoms with Crippen LogP contribution >= 0.6 is 23.2 Å². The lowest BCUT2D eigenvalue weighted by molar-refractivity contribution is -0.385. The van der Waals surface area contributed by atoms with E-state index in [1.54, 1.807) is 36.4 Å². The first-order valence-corrected chi connectivity index (χ1v) is 11.1. The molecule has 0 bridgehead atoms. The number of nitrogens with zero attached hydrogens (tertiary/aromatic N) is 2. The van der Waals surface area contributed by atoms with Crippen molar-refractivity contribution in [1.82, 2.24) is 10.2 Å². The highest BCUT2D eigenvalue weighted by molar-refractivity contribution is 6.42. The number of hydrogen-bond donors (Lipinski definition) is 1. The van der Waals surface area contributed by atoms with Gasteiger partial charge in [0.25, 0.3) is 5.69 Å². The minimum Gasteiger partial charge on any atom is -0.354 e. The number of hydrogen-bond acceptors (Lipinski definition) is 4. The Labute approximate surface area is 197 Å². The third-order valence-electron chi connectivity index (χ3n) is 4.94. The zero-order valence-corrected chi connectivity index (χ0v) is 19.8. The van der Waals surface area contributed by atoms with Crippen LogP contribution in [0, 0.1) is 16.0 Å². The first-order valence-electron chi connectivity index (χ1n) is 10.4. The summed E-state index contributed by atoms with van der Waals surface area (Å²) < 4.78 is 0. The number of carbonyl (C=O) groups excluding carboxylic acids is 2. The van der Waals surface area contributed by atoms with Crippen LogP contribution in [0.25, 0.3) is 0 Å². The van der Waals surface area contributed by atoms with Crippen molar-refractivity contribution in [1.29, 1.82) is 0 Å². The van der Waals surface area contributed by atoms with Crippen LogP contribution in [0.1, 0.15) is 38.3 Å². The van der Waals surface area contributed by atoms with Gasteiger partial charge >= 0.3 is 0 Å². The van der Waals surface area contributed by atoms with Gasteiger partial charge in [-0.05, 0) is 30.0 Å². The SMILES string of the molecule is CC[C@@H](C(=O)NCC(C)C)N(Cc1ccc(Cl)c(Cl)c1)C(=O)Cc1ccccc1[N+](=O)[O-]. The van der Waals surface area contributed by atoms with Crippen molar-refractivity contribution in [2.75, 3.05) is 6.54 Å². The minimum absolute atomic E-state index is 0.115. The first kappa shape index (κ1) is 25.6. The summed E-state index contributed by atoms with van der Waals surface area (Å²) in [6, 6.07) is 10.4. The van der Waals surface area contributed by atoms with Crippen LogP contribution in [0.5, 0.6) is 0 Å². The molecule has 2 aromatic rings. The van der Waals surface area contributed by atoms with E-state index in [4.69, 9.17) is 23.2 Å². The van der Waals surface area contributed by atoms with Crippen LogP contribution < -0.4 is 5.32 Å². The molecule has 0 aliphatic carbocycles. The molecule has 172 valence electrons. The monoisotopic (exact) mass is 479 g/mol.